The first-order valence-electron chi connectivity index (χ1n) is 4.86. The number of carbonyl (C=O) groups excluding carboxylic acids is 1. The fourth-order valence-corrected chi connectivity index (χ4v) is 1.95. The van der Waals surface area contributed by atoms with Gasteiger partial charge in [0.15, 0.2) is 6.29 Å². The second kappa shape index (κ2) is 4.78. The van der Waals surface area contributed by atoms with Crippen molar-refractivity contribution in [2.75, 3.05) is 0 Å². The molecule has 0 amide bonds. The third-order valence-electron chi connectivity index (χ3n) is 2.42. The van der Waals surface area contributed by atoms with Gasteiger partial charge in [-0.3, -0.25) is 4.79 Å². The minimum Gasteiger partial charge on any atom is -0.507 e. The van der Waals surface area contributed by atoms with Crippen molar-refractivity contribution < 1.29 is 9.90 Å². The molecule has 2 rings (SSSR count). The van der Waals surface area contributed by atoms with Crippen LogP contribution >= 0.6 is 23.2 Å². The molecule has 2 nitrogen and oxygen atoms in total. The highest BCUT2D eigenvalue weighted by molar-refractivity contribution is 6.43. The van der Waals surface area contributed by atoms with Gasteiger partial charge in [0.1, 0.15) is 5.75 Å². The molecule has 2 aromatic rings. The minimum absolute atomic E-state index is 0.0754. The molecule has 0 fully saturated rings. The summed E-state index contributed by atoms with van der Waals surface area (Å²) in [4.78, 5) is 10.6. The highest BCUT2D eigenvalue weighted by Crippen LogP contribution is 2.35. The van der Waals surface area contributed by atoms with Crippen LogP contribution < -0.4 is 0 Å². The Morgan fingerprint density at radius 2 is 1.88 bits per heavy atom. The van der Waals surface area contributed by atoms with Gasteiger partial charge in [0.05, 0.1) is 15.6 Å². The van der Waals surface area contributed by atoms with Gasteiger partial charge in [-0.2, -0.15) is 0 Å². The standard InChI is InChI=1S/C13H8Cl2O2/c14-11-3-1-2-10(13(11)15)8-4-5-9(7-16)12(17)6-8/h1-7,17H. The largest absolute Gasteiger partial charge is 0.507 e. The molecule has 0 saturated carbocycles. The van der Waals surface area contributed by atoms with Crippen LogP contribution in [0.3, 0.4) is 0 Å². The van der Waals surface area contributed by atoms with Gasteiger partial charge in [0, 0.05) is 5.56 Å². The smallest absolute Gasteiger partial charge is 0.153 e. The Morgan fingerprint density at radius 3 is 2.53 bits per heavy atom. The lowest BCUT2D eigenvalue weighted by Gasteiger charge is -2.07. The van der Waals surface area contributed by atoms with Crippen LogP contribution in [0.2, 0.25) is 10.0 Å². The lowest BCUT2D eigenvalue weighted by molar-refractivity contribution is 0.112. The maximum atomic E-state index is 10.6. The van der Waals surface area contributed by atoms with E-state index in [9.17, 15) is 9.90 Å². The minimum atomic E-state index is -0.0754. The summed E-state index contributed by atoms with van der Waals surface area (Å²) in [6.07, 6.45) is 0.596. The Bertz CT molecular complexity index is 580. The third-order valence-corrected chi connectivity index (χ3v) is 3.24. The average molecular weight is 267 g/mol. The monoisotopic (exact) mass is 266 g/mol. The Labute approximate surface area is 108 Å². The molecule has 0 bridgehead atoms. The molecule has 0 heterocycles. The van der Waals surface area contributed by atoms with Gasteiger partial charge in [0.25, 0.3) is 0 Å². The number of carbonyl (C=O) groups is 1. The first kappa shape index (κ1) is 12.0. The van der Waals surface area contributed by atoms with Crippen molar-refractivity contribution in [1.29, 1.82) is 0 Å². The molecule has 0 aromatic heterocycles. The van der Waals surface area contributed by atoms with Crippen LogP contribution in [-0.4, -0.2) is 11.4 Å². The molecule has 0 atom stereocenters. The zero-order valence-corrected chi connectivity index (χ0v) is 10.2. The molecule has 0 aliphatic carbocycles. The van der Waals surface area contributed by atoms with Crippen LogP contribution in [-0.2, 0) is 0 Å². The van der Waals surface area contributed by atoms with Crippen LogP contribution in [0.15, 0.2) is 36.4 Å². The van der Waals surface area contributed by atoms with E-state index in [4.69, 9.17) is 23.2 Å². The Hall–Kier alpha value is -1.51. The van der Waals surface area contributed by atoms with Gasteiger partial charge in [-0.15, -0.1) is 0 Å². The molecule has 4 heteroatoms. The second-order valence-corrected chi connectivity index (χ2v) is 4.28. The zero-order valence-electron chi connectivity index (χ0n) is 8.65. The Kier molecular flexibility index (Phi) is 3.36. The summed E-state index contributed by atoms with van der Waals surface area (Å²) in [6.45, 7) is 0. The van der Waals surface area contributed by atoms with Crippen molar-refractivity contribution in [1.82, 2.24) is 0 Å². The van der Waals surface area contributed by atoms with Crippen LogP contribution in [0.4, 0.5) is 0 Å². The van der Waals surface area contributed by atoms with Gasteiger partial charge in [-0.25, -0.2) is 0 Å². The number of rotatable bonds is 2. The number of hydrogen-bond donors (Lipinski definition) is 1. The molecule has 0 saturated heterocycles. The first-order valence-corrected chi connectivity index (χ1v) is 5.61. The number of aldehydes is 1. The van der Waals surface area contributed by atoms with E-state index in [1.54, 1.807) is 24.3 Å². The van der Waals surface area contributed by atoms with Crippen LogP contribution in [0.5, 0.6) is 5.75 Å². The van der Waals surface area contributed by atoms with Gasteiger partial charge in [-0.1, -0.05) is 41.4 Å². The lowest BCUT2D eigenvalue weighted by atomic mass is 10.0. The van der Waals surface area contributed by atoms with Crippen molar-refractivity contribution in [2.45, 2.75) is 0 Å². The summed E-state index contributed by atoms with van der Waals surface area (Å²) in [5.41, 5.74) is 1.67. The molecule has 0 spiro atoms. The molecule has 1 N–H and O–H groups in total. The van der Waals surface area contributed by atoms with Crippen LogP contribution in [0, 0.1) is 0 Å². The number of phenolic OH excluding ortho intramolecular Hbond substituents is 1. The maximum absolute atomic E-state index is 10.6. The fourth-order valence-electron chi connectivity index (χ4n) is 1.54. The van der Waals surface area contributed by atoms with Gasteiger partial charge < -0.3 is 5.11 Å². The van der Waals surface area contributed by atoms with Crippen LogP contribution in [0.1, 0.15) is 10.4 Å². The fraction of sp³-hybridized carbons (Fsp3) is 0. The molecule has 86 valence electrons. The highest BCUT2D eigenvalue weighted by atomic mass is 35.5. The molecule has 17 heavy (non-hydrogen) atoms. The second-order valence-electron chi connectivity index (χ2n) is 3.49. The molecular formula is C13H8Cl2O2. The molecule has 2 aromatic carbocycles. The summed E-state index contributed by atoms with van der Waals surface area (Å²) >= 11 is 12.0. The summed E-state index contributed by atoms with van der Waals surface area (Å²) in [5.74, 6) is -0.0754. The highest BCUT2D eigenvalue weighted by Gasteiger charge is 2.08. The molecule has 0 radical (unpaired) electrons. The zero-order chi connectivity index (χ0) is 12.4. The quantitative estimate of drug-likeness (QED) is 0.829. The third kappa shape index (κ3) is 2.28. The summed E-state index contributed by atoms with van der Waals surface area (Å²) in [6, 6.07) is 9.99. The van der Waals surface area contributed by atoms with Crippen molar-refractivity contribution in [3.8, 4) is 16.9 Å². The topological polar surface area (TPSA) is 37.3 Å². The summed E-state index contributed by atoms with van der Waals surface area (Å²) in [7, 11) is 0. The molecule has 0 unspecified atom stereocenters. The molecule has 0 aliphatic rings. The predicted octanol–water partition coefficient (Wildman–Crippen LogP) is 4.18. The van der Waals surface area contributed by atoms with E-state index < -0.39 is 0 Å². The number of halogens is 2. The lowest BCUT2D eigenvalue weighted by Crippen LogP contribution is -1.84. The first-order chi connectivity index (χ1) is 8.13. The van der Waals surface area contributed by atoms with Crippen molar-refractivity contribution >= 4 is 29.5 Å². The number of phenols is 1. The Morgan fingerprint density at radius 1 is 1.12 bits per heavy atom. The predicted molar refractivity (Wildman–Crippen MR) is 69.0 cm³/mol. The summed E-state index contributed by atoms with van der Waals surface area (Å²) in [5, 5.41) is 10.5. The number of aromatic hydroxyl groups is 1. The number of benzene rings is 2. The van der Waals surface area contributed by atoms with E-state index in [1.807, 2.05) is 0 Å². The van der Waals surface area contributed by atoms with Crippen molar-refractivity contribution in [3.05, 3.63) is 52.0 Å². The van der Waals surface area contributed by atoms with E-state index in [0.717, 1.165) is 0 Å². The van der Waals surface area contributed by atoms with E-state index in [-0.39, 0.29) is 11.3 Å². The van der Waals surface area contributed by atoms with Crippen molar-refractivity contribution in [2.24, 2.45) is 0 Å². The SMILES string of the molecule is O=Cc1ccc(-c2cccc(Cl)c2Cl)cc1O. The van der Waals surface area contributed by atoms with Gasteiger partial charge in [0.2, 0.25) is 0 Å². The molecular weight excluding hydrogens is 259 g/mol. The summed E-state index contributed by atoms with van der Waals surface area (Å²) < 4.78 is 0. The average Bonchev–Trinajstić information content (AvgIpc) is 2.32. The van der Waals surface area contributed by atoms with E-state index in [0.29, 0.717) is 27.5 Å². The van der Waals surface area contributed by atoms with E-state index in [1.165, 1.54) is 12.1 Å². The van der Waals surface area contributed by atoms with Crippen molar-refractivity contribution in [3.63, 3.8) is 0 Å². The normalized spacial score (nSPS) is 10.2. The maximum Gasteiger partial charge on any atom is 0.153 e. The van der Waals surface area contributed by atoms with Crippen LogP contribution in [0.25, 0.3) is 11.1 Å². The molecule has 0 aliphatic heterocycles. The van der Waals surface area contributed by atoms with Gasteiger partial charge >= 0.3 is 0 Å². The Balaban J connectivity index is 2.57. The number of hydrogen-bond acceptors (Lipinski definition) is 2. The van der Waals surface area contributed by atoms with E-state index in [2.05, 4.69) is 0 Å². The van der Waals surface area contributed by atoms with Gasteiger partial charge in [-0.05, 0) is 23.8 Å². The van der Waals surface area contributed by atoms with E-state index >= 15 is 0 Å².